The molecule has 1 atom stereocenters. The van der Waals surface area contributed by atoms with Crippen molar-refractivity contribution in [2.75, 3.05) is 5.32 Å². The topological polar surface area (TPSA) is 54.0 Å². The molecule has 0 saturated heterocycles. The van der Waals surface area contributed by atoms with Crippen molar-refractivity contribution in [2.45, 2.75) is 12.6 Å². The van der Waals surface area contributed by atoms with Crippen molar-refractivity contribution in [3.8, 4) is 0 Å². The lowest BCUT2D eigenvalue weighted by Gasteiger charge is -2.19. The van der Waals surface area contributed by atoms with Gasteiger partial charge in [-0.25, -0.2) is 0 Å². The fraction of sp³-hybridized carbons (Fsp3) is 0.0833. The molecule has 1 aromatic heterocycles. The third kappa shape index (κ3) is 4.08. The van der Waals surface area contributed by atoms with Crippen molar-refractivity contribution in [1.82, 2.24) is 10.3 Å². The Morgan fingerprint density at radius 3 is 2.32 bits per heavy atom. The van der Waals surface area contributed by atoms with Crippen molar-refractivity contribution >= 4 is 22.5 Å². The molecule has 4 nitrogen and oxygen atoms in total. The summed E-state index contributed by atoms with van der Waals surface area (Å²) in [6, 6.07) is 28.9. The maximum absolute atomic E-state index is 13.0. The molecule has 0 aliphatic heterocycles. The summed E-state index contributed by atoms with van der Waals surface area (Å²) in [5, 5.41) is 7.50. The zero-order valence-electron chi connectivity index (χ0n) is 15.4. The Bertz CT molecular complexity index is 1060. The van der Waals surface area contributed by atoms with Crippen LogP contribution in [0.1, 0.15) is 17.2 Å². The molecule has 4 heteroatoms. The molecule has 28 heavy (non-hydrogen) atoms. The van der Waals surface area contributed by atoms with Gasteiger partial charge in [0, 0.05) is 23.8 Å². The van der Waals surface area contributed by atoms with Crippen LogP contribution in [0.25, 0.3) is 10.9 Å². The summed E-state index contributed by atoms with van der Waals surface area (Å²) < 4.78 is 0. The first-order valence-corrected chi connectivity index (χ1v) is 9.28. The molecule has 4 aromatic rings. The molecule has 0 radical (unpaired) electrons. The van der Waals surface area contributed by atoms with E-state index in [0.29, 0.717) is 6.54 Å². The van der Waals surface area contributed by atoms with Crippen LogP contribution in [0.2, 0.25) is 0 Å². The van der Waals surface area contributed by atoms with E-state index in [4.69, 9.17) is 0 Å². The molecule has 138 valence electrons. The van der Waals surface area contributed by atoms with Crippen molar-refractivity contribution < 1.29 is 4.79 Å². The van der Waals surface area contributed by atoms with Crippen LogP contribution < -0.4 is 10.6 Å². The number of para-hydroxylation sites is 2. The summed E-state index contributed by atoms with van der Waals surface area (Å²) >= 11 is 0. The van der Waals surface area contributed by atoms with E-state index >= 15 is 0 Å². The smallest absolute Gasteiger partial charge is 0.246 e. The molecular weight excluding hydrogens is 346 g/mol. The largest absolute Gasteiger partial charge is 0.324 e. The van der Waals surface area contributed by atoms with Gasteiger partial charge in [-0.2, -0.15) is 0 Å². The molecule has 0 bridgehead atoms. The fourth-order valence-electron chi connectivity index (χ4n) is 3.27. The zero-order valence-corrected chi connectivity index (χ0v) is 15.4. The number of carbonyl (C=O) groups excluding carboxylic acids is 1. The second kappa shape index (κ2) is 8.46. The van der Waals surface area contributed by atoms with E-state index < -0.39 is 6.04 Å². The van der Waals surface area contributed by atoms with E-state index in [2.05, 4.69) is 15.6 Å². The van der Waals surface area contributed by atoms with Gasteiger partial charge < -0.3 is 5.32 Å². The van der Waals surface area contributed by atoms with E-state index in [9.17, 15) is 4.79 Å². The molecule has 4 rings (SSSR count). The molecule has 0 saturated carbocycles. The van der Waals surface area contributed by atoms with Gasteiger partial charge in [0.15, 0.2) is 0 Å². The minimum atomic E-state index is -0.472. The average Bonchev–Trinajstić information content (AvgIpc) is 2.75. The number of fused-ring (bicyclic) bond motifs is 1. The van der Waals surface area contributed by atoms with Crippen LogP contribution in [0.15, 0.2) is 97.2 Å². The third-order valence-corrected chi connectivity index (χ3v) is 4.65. The Morgan fingerprint density at radius 1 is 0.821 bits per heavy atom. The van der Waals surface area contributed by atoms with Crippen LogP contribution in [0, 0.1) is 0 Å². The third-order valence-electron chi connectivity index (χ3n) is 4.65. The molecule has 1 unspecified atom stereocenters. The summed E-state index contributed by atoms with van der Waals surface area (Å²) in [6.45, 7) is 0.538. The highest BCUT2D eigenvalue weighted by atomic mass is 16.2. The predicted molar refractivity (Wildman–Crippen MR) is 113 cm³/mol. The van der Waals surface area contributed by atoms with Gasteiger partial charge in [0.2, 0.25) is 5.91 Å². The Labute approximate surface area is 164 Å². The van der Waals surface area contributed by atoms with Crippen molar-refractivity contribution in [3.63, 3.8) is 0 Å². The first-order valence-electron chi connectivity index (χ1n) is 9.28. The molecule has 0 aliphatic rings. The van der Waals surface area contributed by atoms with Crippen LogP contribution in [-0.4, -0.2) is 10.9 Å². The monoisotopic (exact) mass is 367 g/mol. The van der Waals surface area contributed by atoms with Gasteiger partial charge in [0.05, 0.1) is 5.52 Å². The normalized spacial score (nSPS) is 11.9. The number of aromatic nitrogens is 1. The molecule has 1 heterocycles. The molecule has 2 N–H and O–H groups in total. The Morgan fingerprint density at radius 2 is 1.54 bits per heavy atom. The highest BCUT2D eigenvalue weighted by Gasteiger charge is 2.20. The van der Waals surface area contributed by atoms with Gasteiger partial charge in [-0.1, -0.05) is 72.8 Å². The van der Waals surface area contributed by atoms with Gasteiger partial charge in [-0.3, -0.25) is 15.1 Å². The average molecular weight is 367 g/mol. The lowest BCUT2D eigenvalue weighted by atomic mass is 10.0. The van der Waals surface area contributed by atoms with E-state index in [0.717, 1.165) is 27.7 Å². The molecule has 0 spiro atoms. The number of hydrogen-bond donors (Lipinski definition) is 2. The SMILES string of the molecule is O=C(Nc1ccccc1)C(NCc1cccc2cccnc12)c1ccccc1. The molecule has 0 aliphatic carbocycles. The van der Waals surface area contributed by atoms with Crippen molar-refractivity contribution in [1.29, 1.82) is 0 Å². The van der Waals surface area contributed by atoms with Gasteiger partial charge in [0.25, 0.3) is 0 Å². The molecule has 1 amide bonds. The van der Waals surface area contributed by atoms with Crippen LogP contribution in [0.3, 0.4) is 0 Å². The highest BCUT2D eigenvalue weighted by Crippen LogP contribution is 2.20. The fourth-order valence-corrected chi connectivity index (χ4v) is 3.27. The Balaban J connectivity index is 1.58. The predicted octanol–water partition coefficient (Wildman–Crippen LogP) is 4.70. The van der Waals surface area contributed by atoms with Gasteiger partial charge in [-0.05, 0) is 29.3 Å². The highest BCUT2D eigenvalue weighted by molar-refractivity contribution is 5.95. The quantitative estimate of drug-likeness (QED) is 0.519. The maximum Gasteiger partial charge on any atom is 0.246 e. The van der Waals surface area contributed by atoms with Gasteiger partial charge in [-0.15, -0.1) is 0 Å². The second-order valence-corrected chi connectivity index (χ2v) is 6.57. The van der Waals surface area contributed by atoms with Crippen LogP contribution >= 0.6 is 0 Å². The first-order chi connectivity index (χ1) is 13.8. The minimum absolute atomic E-state index is 0.0920. The Kier molecular flexibility index (Phi) is 5.41. The van der Waals surface area contributed by atoms with E-state index in [1.165, 1.54) is 0 Å². The van der Waals surface area contributed by atoms with E-state index in [-0.39, 0.29) is 5.91 Å². The van der Waals surface area contributed by atoms with E-state index in [1.54, 1.807) is 6.20 Å². The molecule has 3 aromatic carbocycles. The second-order valence-electron chi connectivity index (χ2n) is 6.57. The summed E-state index contributed by atoms with van der Waals surface area (Å²) in [6.07, 6.45) is 1.79. The number of benzene rings is 3. The van der Waals surface area contributed by atoms with Crippen LogP contribution in [0.5, 0.6) is 0 Å². The number of amides is 1. The number of carbonyl (C=O) groups is 1. The van der Waals surface area contributed by atoms with Crippen LogP contribution in [0.4, 0.5) is 5.69 Å². The van der Waals surface area contributed by atoms with Crippen molar-refractivity contribution in [2.24, 2.45) is 0 Å². The summed E-state index contributed by atoms with van der Waals surface area (Å²) in [5.41, 5.74) is 3.71. The summed E-state index contributed by atoms with van der Waals surface area (Å²) in [5.74, 6) is -0.0920. The summed E-state index contributed by atoms with van der Waals surface area (Å²) in [4.78, 5) is 17.5. The number of nitrogens with one attached hydrogen (secondary N) is 2. The van der Waals surface area contributed by atoms with E-state index in [1.807, 2.05) is 91.0 Å². The lowest BCUT2D eigenvalue weighted by molar-refractivity contribution is -0.118. The number of nitrogens with zero attached hydrogens (tertiary/aromatic N) is 1. The summed E-state index contributed by atoms with van der Waals surface area (Å²) in [7, 11) is 0. The number of anilines is 1. The van der Waals surface area contributed by atoms with Crippen LogP contribution in [-0.2, 0) is 11.3 Å². The first kappa shape index (κ1) is 17.9. The zero-order chi connectivity index (χ0) is 19.2. The number of hydrogen-bond acceptors (Lipinski definition) is 3. The molecular formula is C24H21N3O. The number of rotatable bonds is 6. The van der Waals surface area contributed by atoms with Crippen molar-refractivity contribution in [3.05, 3.63) is 108 Å². The molecule has 0 fully saturated rings. The number of pyridine rings is 1. The minimum Gasteiger partial charge on any atom is -0.324 e. The maximum atomic E-state index is 13.0. The standard InChI is InChI=1S/C24H21N3O/c28-24(27-21-14-5-2-6-15-21)23(19-9-3-1-4-10-19)26-17-20-12-7-11-18-13-8-16-25-22(18)20/h1-16,23,26H,17H2,(H,27,28). The van der Waals surface area contributed by atoms with Gasteiger partial charge in [0.1, 0.15) is 6.04 Å². The lowest BCUT2D eigenvalue weighted by Crippen LogP contribution is -2.32. The van der Waals surface area contributed by atoms with Gasteiger partial charge >= 0.3 is 0 Å². The Hall–Kier alpha value is -3.50.